The highest BCUT2D eigenvalue weighted by Gasteiger charge is 2.25. The zero-order valence-corrected chi connectivity index (χ0v) is 18.0. The fourth-order valence-corrected chi connectivity index (χ4v) is 4.06. The molecule has 1 aromatic heterocycles. The highest BCUT2D eigenvalue weighted by atomic mass is 35.5. The molecule has 0 N–H and O–H groups in total. The van der Waals surface area contributed by atoms with E-state index < -0.39 is 0 Å². The maximum atomic E-state index is 13.2. The van der Waals surface area contributed by atoms with Gasteiger partial charge in [-0.05, 0) is 35.9 Å². The normalized spacial score (nSPS) is 14.3. The molecule has 1 amide bonds. The van der Waals surface area contributed by atoms with Gasteiger partial charge in [0, 0.05) is 51.2 Å². The lowest BCUT2D eigenvalue weighted by atomic mass is 10.1. The molecule has 1 aliphatic rings. The van der Waals surface area contributed by atoms with E-state index in [2.05, 4.69) is 11.0 Å². The van der Waals surface area contributed by atoms with Crippen LogP contribution in [0, 0.1) is 11.3 Å². The lowest BCUT2D eigenvalue weighted by molar-refractivity contribution is 0.0625. The van der Waals surface area contributed by atoms with Gasteiger partial charge < -0.3 is 14.2 Å². The number of aromatic nitrogens is 1. The van der Waals surface area contributed by atoms with Crippen LogP contribution in [0.25, 0.3) is 5.69 Å². The molecular weight excluding hydrogens is 412 g/mol. The molecular formula is C24H23ClN4O2. The van der Waals surface area contributed by atoms with Gasteiger partial charge in [-0.1, -0.05) is 23.7 Å². The summed E-state index contributed by atoms with van der Waals surface area (Å²) < 4.78 is 7.41. The Morgan fingerprint density at radius 3 is 2.39 bits per heavy atom. The molecule has 158 valence electrons. The molecule has 0 atom stereocenters. The number of amides is 1. The largest absolute Gasteiger partial charge is 0.496 e. The van der Waals surface area contributed by atoms with Crippen LogP contribution in [-0.4, -0.2) is 53.6 Å². The molecule has 2 heterocycles. The number of benzene rings is 2. The van der Waals surface area contributed by atoms with E-state index in [1.165, 1.54) is 0 Å². The first-order valence-electron chi connectivity index (χ1n) is 10.1. The fraction of sp³-hybridized carbons (Fsp3) is 0.250. The molecule has 2 aromatic carbocycles. The Morgan fingerprint density at radius 1 is 1.10 bits per heavy atom. The molecule has 1 saturated heterocycles. The Kier molecular flexibility index (Phi) is 6.26. The van der Waals surface area contributed by atoms with Gasteiger partial charge in [-0.2, -0.15) is 5.26 Å². The third kappa shape index (κ3) is 4.58. The van der Waals surface area contributed by atoms with Gasteiger partial charge in [-0.25, -0.2) is 0 Å². The van der Waals surface area contributed by atoms with Gasteiger partial charge in [-0.3, -0.25) is 9.69 Å². The second-order valence-electron chi connectivity index (χ2n) is 7.47. The van der Waals surface area contributed by atoms with Crippen molar-refractivity contribution in [2.24, 2.45) is 0 Å². The van der Waals surface area contributed by atoms with Crippen molar-refractivity contribution in [3.05, 3.63) is 82.6 Å². The quantitative estimate of drug-likeness (QED) is 0.609. The molecule has 31 heavy (non-hydrogen) atoms. The van der Waals surface area contributed by atoms with E-state index in [0.29, 0.717) is 35.0 Å². The molecule has 1 fully saturated rings. The Morgan fingerprint density at radius 2 is 1.77 bits per heavy atom. The molecule has 0 saturated carbocycles. The number of hydrogen-bond acceptors (Lipinski definition) is 4. The van der Waals surface area contributed by atoms with Gasteiger partial charge in [0.05, 0.1) is 35.0 Å². The second kappa shape index (κ2) is 9.25. The number of halogens is 1. The number of rotatable bonds is 5. The Hall–Kier alpha value is -3.27. The SMILES string of the molecule is COc1cc(-n2cccc2)c(Cl)cc1C(=O)N1CCN(Cc2ccc(C#N)cc2)CC1. The van der Waals surface area contributed by atoms with E-state index in [-0.39, 0.29) is 5.91 Å². The Labute approximate surface area is 186 Å². The predicted molar refractivity (Wildman–Crippen MR) is 120 cm³/mol. The molecule has 7 heteroatoms. The minimum absolute atomic E-state index is 0.0733. The van der Waals surface area contributed by atoms with Gasteiger partial charge in [0.25, 0.3) is 5.91 Å². The maximum Gasteiger partial charge on any atom is 0.257 e. The standard InChI is InChI=1S/C24H23ClN4O2/c1-31-23-15-22(28-8-2-3-9-28)21(25)14-20(23)24(30)29-12-10-27(11-13-29)17-19-6-4-18(16-26)5-7-19/h2-9,14-15H,10-13,17H2,1H3. The Bertz CT molecular complexity index is 1100. The predicted octanol–water partition coefficient (Wildman–Crippen LogP) is 3.97. The van der Waals surface area contributed by atoms with E-state index >= 15 is 0 Å². The summed E-state index contributed by atoms with van der Waals surface area (Å²) in [4.78, 5) is 17.4. The fourth-order valence-electron chi connectivity index (χ4n) is 3.79. The zero-order valence-electron chi connectivity index (χ0n) is 17.3. The minimum atomic E-state index is -0.0733. The highest BCUT2D eigenvalue weighted by molar-refractivity contribution is 6.33. The molecule has 3 aromatic rings. The average molecular weight is 435 g/mol. The van der Waals surface area contributed by atoms with Crippen LogP contribution >= 0.6 is 11.6 Å². The summed E-state index contributed by atoms with van der Waals surface area (Å²) >= 11 is 6.49. The number of nitriles is 1. The van der Waals surface area contributed by atoms with E-state index in [1.807, 2.05) is 58.3 Å². The third-order valence-electron chi connectivity index (χ3n) is 5.53. The van der Waals surface area contributed by atoms with Gasteiger partial charge in [0.1, 0.15) is 5.75 Å². The lowest BCUT2D eigenvalue weighted by Crippen LogP contribution is -2.48. The van der Waals surface area contributed by atoms with Crippen molar-refractivity contribution in [2.45, 2.75) is 6.54 Å². The van der Waals surface area contributed by atoms with Crippen LogP contribution in [0.2, 0.25) is 5.02 Å². The van der Waals surface area contributed by atoms with Gasteiger partial charge in [-0.15, -0.1) is 0 Å². The van der Waals surface area contributed by atoms with Gasteiger partial charge in [0.15, 0.2) is 0 Å². The summed E-state index contributed by atoms with van der Waals surface area (Å²) in [6.07, 6.45) is 3.80. The first-order valence-corrected chi connectivity index (χ1v) is 10.5. The van der Waals surface area contributed by atoms with E-state index in [4.69, 9.17) is 21.6 Å². The molecule has 0 radical (unpaired) electrons. The van der Waals surface area contributed by atoms with Crippen LogP contribution in [0.3, 0.4) is 0 Å². The number of hydrogen-bond donors (Lipinski definition) is 0. The van der Waals surface area contributed by atoms with Crippen LogP contribution in [0.1, 0.15) is 21.5 Å². The van der Waals surface area contributed by atoms with E-state index in [1.54, 1.807) is 19.2 Å². The third-order valence-corrected chi connectivity index (χ3v) is 5.83. The lowest BCUT2D eigenvalue weighted by Gasteiger charge is -2.35. The molecule has 0 aliphatic carbocycles. The van der Waals surface area contributed by atoms with E-state index in [9.17, 15) is 4.79 Å². The van der Waals surface area contributed by atoms with Crippen molar-refractivity contribution in [3.63, 3.8) is 0 Å². The first-order chi connectivity index (χ1) is 15.1. The second-order valence-corrected chi connectivity index (χ2v) is 7.88. The summed E-state index contributed by atoms with van der Waals surface area (Å²) in [6, 6.07) is 17.1. The molecule has 6 nitrogen and oxygen atoms in total. The van der Waals surface area contributed by atoms with Crippen molar-refractivity contribution in [1.82, 2.24) is 14.4 Å². The summed E-state index contributed by atoms with van der Waals surface area (Å²) in [6.45, 7) is 3.63. The van der Waals surface area contributed by atoms with Crippen LogP contribution in [0.5, 0.6) is 5.75 Å². The van der Waals surface area contributed by atoms with Crippen molar-refractivity contribution in [1.29, 1.82) is 5.26 Å². The molecule has 0 unspecified atom stereocenters. The summed E-state index contributed by atoms with van der Waals surface area (Å²) in [5.74, 6) is 0.439. The molecule has 4 rings (SSSR count). The first kappa shape index (κ1) is 21.0. The van der Waals surface area contributed by atoms with Crippen molar-refractivity contribution in [3.8, 4) is 17.5 Å². The Balaban J connectivity index is 1.43. The maximum absolute atomic E-state index is 13.2. The van der Waals surface area contributed by atoms with Crippen molar-refractivity contribution < 1.29 is 9.53 Å². The topological polar surface area (TPSA) is 61.5 Å². The number of ether oxygens (including phenoxy) is 1. The van der Waals surface area contributed by atoms with E-state index in [0.717, 1.165) is 30.9 Å². The molecule has 0 bridgehead atoms. The number of piperazine rings is 1. The zero-order chi connectivity index (χ0) is 21.8. The van der Waals surface area contributed by atoms with Crippen LogP contribution < -0.4 is 4.74 Å². The van der Waals surface area contributed by atoms with Crippen LogP contribution in [-0.2, 0) is 6.54 Å². The molecule has 1 aliphatic heterocycles. The van der Waals surface area contributed by atoms with Gasteiger partial charge >= 0.3 is 0 Å². The smallest absolute Gasteiger partial charge is 0.257 e. The van der Waals surface area contributed by atoms with Crippen LogP contribution in [0.4, 0.5) is 0 Å². The minimum Gasteiger partial charge on any atom is -0.496 e. The molecule has 0 spiro atoms. The summed E-state index contributed by atoms with van der Waals surface area (Å²) in [5.41, 5.74) is 3.07. The summed E-state index contributed by atoms with van der Waals surface area (Å²) in [5, 5.41) is 9.43. The average Bonchev–Trinajstić information content (AvgIpc) is 3.34. The highest BCUT2D eigenvalue weighted by Crippen LogP contribution is 2.31. The number of methoxy groups -OCH3 is 1. The number of carbonyl (C=O) groups excluding carboxylic acids is 1. The van der Waals surface area contributed by atoms with Crippen molar-refractivity contribution in [2.75, 3.05) is 33.3 Å². The van der Waals surface area contributed by atoms with Crippen LogP contribution in [0.15, 0.2) is 60.9 Å². The summed E-state index contributed by atoms with van der Waals surface area (Å²) in [7, 11) is 1.56. The monoisotopic (exact) mass is 434 g/mol. The number of nitrogens with zero attached hydrogens (tertiary/aromatic N) is 4. The number of carbonyl (C=O) groups is 1. The van der Waals surface area contributed by atoms with Gasteiger partial charge in [0.2, 0.25) is 0 Å². The van der Waals surface area contributed by atoms with Crippen molar-refractivity contribution >= 4 is 17.5 Å².